The smallest absolute Gasteiger partial charge is 0.306 e. The van der Waals surface area contributed by atoms with Crippen LogP contribution in [0.2, 0.25) is 0 Å². The number of thioether (sulfide) groups is 2. The molecule has 2 unspecified atom stereocenters. The van der Waals surface area contributed by atoms with Crippen molar-refractivity contribution in [1.82, 2.24) is 0 Å². The summed E-state index contributed by atoms with van der Waals surface area (Å²) < 4.78 is 12.0. The maximum atomic E-state index is 12.8. The Kier molecular flexibility index (Phi) is 40.9. The van der Waals surface area contributed by atoms with Gasteiger partial charge < -0.3 is 9.47 Å². The first kappa shape index (κ1) is 51.3. The van der Waals surface area contributed by atoms with E-state index in [-0.39, 0.29) is 24.1 Å². The molecule has 0 rings (SSSR count). The summed E-state index contributed by atoms with van der Waals surface area (Å²) in [7, 11) is 0. The number of carbonyl (C=O) groups excluding carboxylic acids is 3. The molecule has 7 heteroatoms. The topological polar surface area (TPSA) is 69.7 Å². The molecular formula is C45H86O5S2. The van der Waals surface area contributed by atoms with Crippen molar-refractivity contribution in [2.24, 2.45) is 0 Å². The Morgan fingerprint density at radius 3 is 1.06 bits per heavy atom. The van der Waals surface area contributed by atoms with Gasteiger partial charge in [0.15, 0.2) is 0 Å². The second-order valence-electron chi connectivity index (χ2n) is 15.3. The van der Waals surface area contributed by atoms with E-state index in [1.165, 1.54) is 116 Å². The van der Waals surface area contributed by atoms with Crippen molar-refractivity contribution in [3.63, 3.8) is 0 Å². The SMILES string of the molecule is CCCCCCCCC(=O)OC(CCCCC(=O)CCCCC(CSCCCCCCC)OC(=O)CCCCCCCC)CSCCCCCCC. The number of rotatable bonds is 42. The minimum atomic E-state index is -0.0446. The number of esters is 2. The molecule has 0 aromatic rings. The van der Waals surface area contributed by atoms with Gasteiger partial charge in [0.25, 0.3) is 0 Å². The Hall–Kier alpha value is -0.690. The predicted molar refractivity (Wildman–Crippen MR) is 230 cm³/mol. The summed E-state index contributed by atoms with van der Waals surface area (Å²) in [5.74, 6) is 4.23. The first-order valence-corrected chi connectivity index (χ1v) is 24.8. The monoisotopic (exact) mass is 771 g/mol. The molecule has 0 fully saturated rings. The van der Waals surface area contributed by atoms with E-state index in [4.69, 9.17) is 9.47 Å². The average Bonchev–Trinajstić information content (AvgIpc) is 3.13. The summed E-state index contributed by atoms with van der Waals surface area (Å²) in [6, 6.07) is 0. The molecule has 0 aromatic heterocycles. The zero-order chi connectivity index (χ0) is 38.2. The molecule has 0 bridgehead atoms. The molecule has 0 heterocycles. The first-order chi connectivity index (χ1) is 25.5. The van der Waals surface area contributed by atoms with Crippen LogP contribution in [0.4, 0.5) is 0 Å². The predicted octanol–water partition coefficient (Wildman–Crippen LogP) is 14.4. The number of ether oxygens (including phenoxy) is 2. The largest absolute Gasteiger partial charge is 0.461 e. The molecular weight excluding hydrogens is 685 g/mol. The summed E-state index contributed by atoms with van der Waals surface area (Å²) in [5, 5.41) is 0. The number of hydrogen-bond donors (Lipinski definition) is 0. The normalized spacial score (nSPS) is 12.5. The molecule has 0 saturated carbocycles. The summed E-state index contributed by atoms with van der Waals surface area (Å²) >= 11 is 3.84. The third-order valence-electron chi connectivity index (χ3n) is 9.92. The van der Waals surface area contributed by atoms with Gasteiger partial charge in [-0.25, -0.2) is 0 Å². The van der Waals surface area contributed by atoms with Gasteiger partial charge in [0, 0.05) is 37.2 Å². The van der Waals surface area contributed by atoms with Gasteiger partial charge in [-0.15, -0.1) is 0 Å². The summed E-state index contributed by atoms with van der Waals surface area (Å²) in [5.41, 5.74) is 0. The summed E-state index contributed by atoms with van der Waals surface area (Å²) in [6.45, 7) is 8.95. The molecule has 0 spiro atoms. The Balaban J connectivity index is 4.54. The lowest BCUT2D eigenvalue weighted by molar-refractivity contribution is -0.149. The molecule has 52 heavy (non-hydrogen) atoms. The van der Waals surface area contributed by atoms with Crippen LogP contribution in [0, 0.1) is 0 Å². The summed E-state index contributed by atoms with van der Waals surface area (Å²) in [4.78, 5) is 38.1. The lowest BCUT2D eigenvalue weighted by Crippen LogP contribution is -2.21. The van der Waals surface area contributed by atoms with E-state index >= 15 is 0 Å². The van der Waals surface area contributed by atoms with Gasteiger partial charge in [0.05, 0.1) is 0 Å². The zero-order valence-corrected chi connectivity index (χ0v) is 36.6. The fourth-order valence-electron chi connectivity index (χ4n) is 6.50. The molecule has 0 aliphatic carbocycles. The van der Waals surface area contributed by atoms with Crippen molar-refractivity contribution in [1.29, 1.82) is 0 Å². The minimum Gasteiger partial charge on any atom is -0.461 e. The highest BCUT2D eigenvalue weighted by Crippen LogP contribution is 2.20. The second kappa shape index (κ2) is 41.5. The number of hydrogen-bond acceptors (Lipinski definition) is 7. The van der Waals surface area contributed by atoms with E-state index in [9.17, 15) is 14.4 Å². The third-order valence-corrected chi connectivity index (χ3v) is 12.3. The van der Waals surface area contributed by atoms with Crippen LogP contribution in [0.3, 0.4) is 0 Å². The van der Waals surface area contributed by atoms with Gasteiger partial charge in [-0.05, 0) is 75.7 Å². The van der Waals surface area contributed by atoms with E-state index in [1.54, 1.807) is 0 Å². The van der Waals surface area contributed by atoms with Gasteiger partial charge in [-0.1, -0.05) is 143 Å². The Morgan fingerprint density at radius 2 is 0.692 bits per heavy atom. The maximum Gasteiger partial charge on any atom is 0.306 e. The molecule has 5 nitrogen and oxygen atoms in total. The van der Waals surface area contributed by atoms with Crippen molar-refractivity contribution >= 4 is 41.2 Å². The van der Waals surface area contributed by atoms with E-state index in [0.29, 0.717) is 31.5 Å². The number of unbranched alkanes of at least 4 members (excludes halogenated alkanes) is 20. The van der Waals surface area contributed by atoms with Crippen molar-refractivity contribution in [3.05, 3.63) is 0 Å². The number of carbonyl (C=O) groups is 3. The lowest BCUT2D eigenvalue weighted by Gasteiger charge is -2.18. The standard InChI is InChI=1S/C45H86O5S2/c1-5-9-13-17-19-23-35-44(47)49-42(39-51-37-29-21-15-11-7-3)33-27-25-31-41(46)32-26-28-34-43(40-52-38-30-22-16-12-8-4)50-45(48)36-24-20-18-14-10-6-2/h42-43H,5-40H2,1-4H3. The maximum absolute atomic E-state index is 12.8. The van der Waals surface area contributed by atoms with E-state index in [2.05, 4.69) is 27.7 Å². The molecule has 0 amide bonds. The average molecular weight is 771 g/mol. The molecule has 0 radical (unpaired) electrons. The minimum absolute atomic E-state index is 0.0433. The highest BCUT2D eigenvalue weighted by Gasteiger charge is 2.17. The number of ketones is 1. The van der Waals surface area contributed by atoms with Crippen LogP contribution in [0.15, 0.2) is 0 Å². The second-order valence-corrected chi connectivity index (χ2v) is 17.6. The molecule has 0 aromatic carbocycles. The molecule has 0 N–H and O–H groups in total. The first-order valence-electron chi connectivity index (χ1n) is 22.5. The van der Waals surface area contributed by atoms with Crippen LogP contribution in [0.25, 0.3) is 0 Å². The quantitative estimate of drug-likeness (QED) is 0.0452. The van der Waals surface area contributed by atoms with E-state index in [1.807, 2.05) is 23.5 Å². The highest BCUT2D eigenvalue weighted by molar-refractivity contribution is 7.99. The molecule has 0 aliphatic rings. The van der Waals surface area contributed by atoms with Crippen LogP contribution < -0.4 is 0 Å². The molecule has 0 aliphatic heterocycles. The van der Waals surface area contributed by atoms with Gasteiger partial charge in [0.2, 0.25) is 0 Å². The Labute approximate surface area is 332 Å². The highest BCUT2D eigenvalue weighted by atomic mass is 32.2. The Morgan fingerprint density at radius 1 is 0.385 bits per heavy atom. The van der Waals surface area contributed by atoms with Crippen molar-refractivity contribution in [3.8, 4) is 0 Å². The number of Topliss-reactive ketones (excluding diaryl/α,β-unsaturated/α-hetero) is 1. The van der Waals surface area contributed by atoms with E-state index in [0.717, 1.165) is 87.2 Å². The molecule has 308 valence electrons. The lowest BCUT2D eigenvalue weighted by atomic mass is 10.0. The summed E-state index contributed by atoms with van der Waals surface area (Å²) in [6.07, 6.45) is 34.3. The Bertz CT molecular complexity index is 730. The fraction of sp³-hybridized carbons (Fsp3) is 0.933. The van der Waals surface area contributed by atoms with Gasteiger partial charge in [-0.2, -0.15) is 23.5 Å². The van der Waals surface area contributed by atoms with Crippen molar-refractivity contribution < 1.29 is 23.9 Å². The fourth-order valence-corrected chi connectivity index (χ4v) is 8.64. The zero-order valence-electron chi connectivity index (χ0n) is 35.0. The third kappa shape index (κ3) is 37.6. The van der Waals surface area contributed by atoms with Crippen LogP contribution >= 0.6 is 23.5 Å². The van der Waals surface area contributed by atoms with Crippen LogP contribution in [0.5, 0.6) is 0 Å². The van der Waals surface area contributed by atoms with Crippen molar-refractivity contribution in [2.75, 3.05) is 23.0 Å². The van der Waals surface area contributed by atoms with E-state index < -0.39 is 0 Å². The van der Waals surface area contributed by atoms with Gasteiger partial charge in [0.1, 0.15) is 18.0 Å². The van der Waals surface area contributed by atoms with Gasteiger partial charge in [-0.3, -0.25) is 14.4 Å². The van der Waals surface area contributed by atoms with Crippen molar-refractivity contribution in [2.45, 2.75) is 245 Å². The van der Waals surface area contributed by atoms with Gasteiger partial charge >= 0.3 is 11.9 Å². The van der Waals surface area contributed by atoms with Crippen LogP contribution in [-0.2, 0) is 23.9 Å². The van der Waals surface area contributed by atoms with Crippen LogP contribution in [0.1, 0.15) is 233 Å². The van der Waals surface area contributed by atoms with Crippen LogP contribution in [-0.4, -0.2) is 52.9 Å². The molecule has 2 atom stereocenters. The molecule has 0 saturated heterocycles.